The molecule has 6 heteroatoms. The Hall–Kier alpha value is -3.02. The first kappa shape index (κ1) is 17.3. The third-order valence-corrected chi connectivity index (χ3v) is 3.38. The first-order valence-corrected chi connectivity index (χ1v) is 7.58. The van der Waals surface area contributed by atoms with Gasteiger partial charge in [-0.15, -0.1) is 0 Å². The van der Waals surface area contributed by atoms with Gasteiger partial charge in [0.2, 0.25) is 0 Å². The molecule has 6 nitrogen and oxygen atoms in total. The van der Waals surface area contributed by atoms with Gasteiger partial charge in [0, 0.05) is 5.56 Å². The van der Waals surface area contributed by atoms with Crippen molar-refractivity contribution >= 4 is 11.8 Å². The van der Waals surface area contributed by atoms with Crippen LogP contribution in [0.2, 0.25) is 0 Å². The van der Waals surface area contributed by atoms with E-state index in [2.05, 4.69) is 10.9 Å². The quantitative estimate of drug-likeness (QED) is 0.796. The fourth-order valence-corrected chi connectivity index (χ4v) is 2.06. The number of rotatable bonds is 6. The van der Waals surface area contributed by atoms with Crippen LogP contribution in [0.3, 0.4) is 0 Å². The van der Waals surface area contributed by atoms with E-state index in [0.717, 1.165) is 12.0 Å². The van der Waals surface area contributed by atoms with E-state index in [4.69, 9.17) is 9.47 Å². The van der Waals surface area contributed by atoms with Crippen LogP contribution in [-0.4, -0.2) is 25.5 Å². The van der Waals surface area contributed by atoms with Gasteiger partial charge in [0.1, 0.15) is 11.5 Å². The first-order valence-electron chi connectivity index (χ1n) is 7.58. The van der Waals surface area contributed by atoms with Crippen molar-refractivity contribution in [2.45, 2.75) is 13.3 Å². The lowest BCUT2D eigenvalue weighted by Crippen LogP contribution is -2.43. The lowest BCUT2D eigenvalue weighted by atomic mass is 10.1. The number of carbonyl (C=O) groups is 2. The molecule has 0 bridgehead atoms. The molecule has 2 N–H and O–H groups in total. The zero-order valence-electron chi connectivity index (χ0n) is 13.7. The first-order chi connectivity index (χ1) is 11.6. The van der Waals surface area contributed by atoms with E-state index < -0.39 is 11.8 Å². The average molecular weight is 328 g/mol. The molecule has 2 rings (SSSR count). The summed E-state index contributed by atoms with van der Waals surface area (Å²) in [5.41, 5.74) is 6.10. The van der Waals surface area contributed by atoms with Crippen LogP contribution in [0.4, 0.5) is 0 Å². The number of hydrogen-bond acceptors (Lipinski definition) is 4. The standard InChI is InChI=1S/C18H20N2O4/c1-3-13-6-4-5-7-16(13)24-12-17(21)19-20-18(22)14-8-10-15(23-2)11-9-14/h4-11H,3,12H2,1-2H3,(H,19,21)(H,20,22). The fourth-order valence-electron chi connectivity index (χ4n) is 2.06. The van der Waals surface area contributed by atoms with Crippen molar-refractivity contribution < 1.29 is 19.1 Å². The Morgan fingerprint density at radius 2 is 1.71 bits per heavy atom. The Morgan fingerprint density at radius 3 is 2.38 bits per heavy atom. The van der Waals surface area contributed by atoms with Crippen LogP contribution < -0.4 is 20.3 Å². The molecule has 126 valence electrons. The van der Waals surface area contributed by atoms with Crippen molar-refractivity contribution in [1.82, 2.24) is 10.9 Å². The number of carbonyl (C=O) groups excluding carboxylic acids is 2. The number of benzene rings is 2. The van der Waals surface area contributed by atoms with Crippen molar-refractivity contribution in [3.8, 4) is 11.5 Å². The van der Waals surface area contributed by atoms with Crippen LogP contribution >= 0.6 is 0 Å². The summed E-state index contributed by atoms with van der Waals surface area (Å²) >= 11 is 0. The normalized spacial score (nSPS) is 9.92. The second-order valence-corrected chi connectivity index (χ2v) is 4.98. The molecular formula is C18H20N2O4. The van der Waals surface area contributed by atoms with Gasteiger partial charge in [-0.1, -0.05) is 25.1 Å². The Balaban J connectivity index is 1.81. The van der Waals surface area contributed by atoms with Crippen LogP contribution in [0, 0.1) is 0 Å². The maximum Gasteiger partial charge on any atom is 0.276 e. The fraction of sp³-hybridized carbons (Fsp3) is 0.222. The maximum absolute atomic E-state index is 11.9. The van der Waals surface area contributed by atoms with Gasteiger partial charge in [-0.3, -0.25) is 20.4 Å². The SMILES string of the molecule is CCc1ccccc1OCC(=O)NNC(=O)c1ccc(OC)cc1. The van der Waals surface area contributed by atoms with Crippen LogP contribution in [0.25, 0.3) is 0 Å². The predicted octanol–water partition coefficient (Wildman–Crippen LogP) is 2.10. The highest BCUT2D eigenvalue weighted by molar-refractivity contribution is 5.95. The summed E-state index contributed by atoms with van der Waals surface area (Å²) in [6, 6.07) is 14.1. The van der Waals surface area contributed by atoms with Crippen LogP contribution in [0.15, 0.2) is 48.5 Å². The minimum atomic E-state index is -0.442. The Bertz CT molecular complexity index is 698. The van der Waals surface area contributed by atoms with Gasteiger partial charge >= 0.3 is 0 Å². The number of methoxy groups -OCH3 is 1. The number of nitrogens with one attached hydrogen (secondary N) is 2. The monoisotopic (exact) mass is 328 g/mol. The maximum atomic E-state index is 11.9. The highest BCUT2D eigenvalue weighted by atomic mass is 16.5. The van der Waals surface area contributed by atoms with Gasteiger partial charge in [-0.2, -0.15) is 0 Å². The lowest BCUT2D eigenvalue weighted by molar-refractivity contribution is -0.123. The zero-order chi connectivity index (χ0) is 17.4. The lowest BCUT2D eigenvalue weighted by Gasteiger charge is -2.11. The predicted molar refractivity (Wildman–Crippen MR) is 89.9 cm³/mol. The Kier molecular flexibility index (Phi) is 6.19. The zero-order valence-corrected chi connectivity index (χ0v) is 13.7. The molecule has 0 spiro atoms. The summed E-state index contributed by atoms with van der Waals surface area (Å²) < 4.78 is 10.5. The molecule has 2 amide bonds. The third kappa shape index (κ3) is 4.74. The van der Waals surface area contributed by atoms with E-state index in [0.29, 0.717) is 17.1 Å². The molecule has 0 heterocycles. The number of ether oxygens (including phenoxy) is 2. The van der Waals surface area contributed by atoms with Crippen molar-refractivity contribution in [2.24, 2.45) is 0 Å². The molecule has 2 aromatic carbocycles. The molecule has 2 aromatic rings. The second kappa shape index (κ2) is 8.57. The van der Waals surface area contributed by atoms with Crippen LogP contribution in [-0.2, 0) is 11.2 Å². The van der Waals surface area contributed by atoms with Gasteiger partial charge in [0.05, 0.1) is 7.11 Å². The van der Waals surface area contributed by atoms with Crippen molar-refractivity contribution in [3.05, 3.63) is 59.7 Å². The molecule has 0 saturated heterocycles. The molecule has 0 aliphatic rings. The minimum Gasteiger partial charge on any atom is -0.497 e. The number of para-hydroxylation sites is 1. The number of amides is 2. The molecule has 0 atom stereocenters. The summed E-state index contributed by atoms with van der Waals surface area (Å²) in [6.07, 6.45) is 0.812. The molecule has 0 fully saturated rings. The number of aryl methyl sites for hydroxylation is 1. The van der Waals surface area contributed by atoms with E-state index in [1.807, 2.05) is 31.2 Å². The average Bonchev–Trinajstić information content (AvgIpc) is 2.64. The number of hydrazine groups is 1. The van der Waals surface area contributed by atoms with E-state index in [1.54, 1.807) is 31.4 Å². The molecule has 0 saturated carbocycles. The molecule has 0 aliphatic carbocycles. The summed E-state index contributed by atoms with van der Waals surface area (Å²) in [5.74, 6) is 0.456. The van der Waals surface area contributed by atoms with Gasteiger partial charge in [0.25, 0.3) is 11.8 Å². The van der Waals surface area contributed by atoms with E-state index in [9.17, 15) is 9.59 Å². The summed E-state index contributed by atoms with van der Waals surface area (Å²) in [5, 5.41) is 0. The summed E-state index contributed by atoms with van der Waals surface area (Å²) in [6.45, 7) is 1.83. The summed E-state index contributed by atoms with van der Waals surface area (Å²) in [7, 11) is 1.55. The number of hydrogen-bond donors (Lipinski definition) is 2. The smallest absolute Gasteiger partial charge is 0.276 e. The Labute approximate surface area is 140 Å². The molecule has 0 radical (unpaired) electrons. The van der Waals surface area contributed by atoms with E-state index in [1.165, 1.54) is 0 Å². The van der Waals surface area contributed by atoms with Crippen molar-refractivity contribution in [3.63, 3.8) is 0 Å². The van der Waals surface area contributed by atoms with Crippen LogP contribution in [0.1, 0.15) is 22.8 Å². The molecular weight excluding hydrogens is 308 g/mol. The van der Waals surface area contributed by atoms with Gasteiger partial charge in [0.15, 0.2) is 6.61 Å². The minimum absolute atomic E-state index is 0.181. The molecule has 0 aliphatic heterocycles. The molecule has 0 unspecified atom stereocenters. The highest BCUT2D eigenvalue weighted by Crippen LogP contribution is 2.17. The Morgan fingerprint density at radius 1 is 1.00 bits per heavy atom. The molecule has 0 aromatic heterocycles. The highest BCUT2D eigenvalue weighted by Gasteiger charge is 2.09. The van der Waals surface area contributed by atoms with E-state index >= 15 is 0 Å². The third-order valence-electron chi connectivity index (χ3n) is 3.38. The van der Waals surface area contributed by atoms with Crippen molar-refractivity contribution in [1.29, 1.82) is 0 Å². The molecule has 24 heavy (non-hydrogen) atoms. The van der Waals surface area contributed by atoms with Gasteiger partial charge in [-0.25, -0.2) is 0 Å². The largest absolute Gasteiger partial charge is 0.497 e. The second-order valence-electron chi connectivity index (χ2n) is 4.98. The summed E-state index contributed by atoms with van der Waals surface area (Å²) in [4.78, 5) is 23.7. The van der Waals surface area contributed by atoms with E-state index in [-0.39, 0.29) is 6.61 Å². The van der Waals surface area contributed by atoms with Gasteiger partial charge < -0.3 is 9.47 Å². The van der Waals surface area contributed by atoms with Gasteiger partial charge in [-0.05, 0) is 42.3 Å². The van der Waals surface area contributed by atoms with Crippen molar-refractivity contribution in [2.75, 3.05) is 13.7 Å². The topological polar surface area (TPSA) is 76.7 Å². The van der Waals surface area contributed by atoms with Crippen LogP contribution in [0.5, 0.6) is 11.5 Å².